The molecule has 2 N–H and O–H groups in total. The number of hydrogen-bond acceptors (Lipinski definition) is 4. The van der Waals surface area contributed by atoms with Gasteiger partial charge in [-0.1, -0.05) is 24.3 Å². The SMILES string of the molecule is COCCOc1cccc(C(=O)Nc2ccc(Nc3ccccc3)cc2)c1. The minimum atomic E-state index is -0.184. The summed E-state index contributed by atoms with van der Waals surface area (Å²) in [6.07, 6.45) is 0. The van der Waals surface area contributed by atoms with Gasteiger partial charge in [-0.05, 0) is 54.6 Å². The van der Waals surface area contributed by atoms with E-state index in [9.17, 15) is 4.79 Å². The first-order valence-corrected chi connectivity index (χ1v) is 8.70. The van der Waals surface area contributed by atoms with E-state index in [2.05, 4.69) is 10.6 Å². The normalized spacial score (nSPS) is 10.3. The fourth-order valence-corrected chi connectivity index (χ4v) is 2.50. The van der Waals surface area contributed by atoms with E-state index in [1.165, 1.54) is 0 Å². The molecule has 0 aliphatic heterocycles. The molecule has 5 nitrogen and oxygen atoms in total. The first-order valence-electron chi connectivity index (χ1n) is 8.70. The van der Waals surface area contributed by atoms with Crippen LogP contribution < -0.4 is 15.4 Å². The number of carbonyl (C=O) groups excluding carboxylic acids is 1. The maximum absolute atomic E-state index is 12.5. The molecular weight excluding hydrogens is 340 g/mol. The second-order valence-corrected chi connectivity index (χ2v) is 5.89. The number of amides is 1. The summed E-state index contributed by atoms with van der Waals surface area (Å²) in [5.74, 6) is 0.457. The van der Waals surface area contributed by atoms with Gasteiger partial charge in [0.2, 0.25) is 0 Å². The lowest BCUT2D eigenvalue weighted by Gasteiger charge is -2.10. The molecule has 0 aromatic heterocycles. The van der Waals surface area contributed by atoms with Gasteiger partial charge in [-0.15, -0.1) is 0 Å². The average molecular weight is 362 g/mol. The minimum absolute atomic E-state index is 0.184. The van der Waals surface area contributed by atoms with E-state index in [1.807, 2.05) is 60.7 Å². The van der Waals surface area contributed by atoms with Crippen molar-refractivity contribution in [2.24, 2.45) is 0 Å². The molecule has 138 valence electrons. The molecule has 0 atom stereocenters. The maximum Gasteiger partial charge on any atom is 0.255 e. The molecule has 0 fully saturated rings. The molecule has 0 aliphatic carbocycles. The van der Waals surface area contributed by atoms with Gasteiger partial charge in [0.25, 0.3) is 5.91 Å². The van der Waals surface area contributed by atoms with Gasteiger partial charge in [0.1, 0.15) is 12.4 Å². The molecule has 3 rings (SSSR count). The first-order chi connectivity index (χ1) is 13.2. The first kappa shape index (κ1) is 18.5. The van der Waals surface area contributed by atoms with Gasteiger partial charge < -0.3 is 20.1 Å². The molecule has 27 heavy (non-hydrogen) atoms. The number of hydrogen-bond donors (Lipinski definition) is 2. The fourth-order valence-electron chi connectivity index (χ4n) is 2.50. The topological polar surface area (TPSA) is 59.6 Å². The molecule has 1 amide bonds. The molecule has 0 saturated heterocycles. The van der Waals surface area contributed by atoms with Crippen molar-refractivity contribution < 1.29 is 14.3 Å². The van der Waals surface area contributed by atoms with Gasteiger partial charge in [0, 0.05) is 29.7 Å². The third-order valence-corrected chi connectivity index (χ3v) is 3.86. The van der Waals surface area contributed by atoms with Crippen LogP contribution in [0.2, 0.25) is 0 Å². The van der Waals surface area contributed by atoms with Gasteiger partial charge >= 0.3 is 0 Å². The molecule has 0 heterocycles. The van der Waals surface area contributed by atoms with E-state index in [4.69, 9.17) is 9.47 Å². The summed E-state index contributed by atoms with van der Waals surface area (Å²) < 4.78 is 10.5. The Kier molecular flexibility index (Phi) is 6.44. The Bertz CT molecular complexity index is 864. The van der Waals surface area contributed by atoms with Crippen LogP contribution in [-0.2, 0) is 4.74 Å². The highest BCUT2D eigenvalue weighted by atomic mass is 16.5. The minimum Gasteiger partial charge on any atom is -0.491 e. The standard InChI is InChI=1S/C22H22N2O3/c1-26-14-15-27-21-9-5-6-17(16-21)22(25)24-20-12-10-19(11-13-20)23-18-7-3-2-4-8-18/h2-13,16,23H,14-15H2,1H3,(H,24,25). The van der Waals surface area contributed by atoms with Gasteiger partial charge in [-0.3, -0.25) is 4.79 Å². The molecule has 0 unspecified atom stereocenters. The van der Waals surface area contributed by atoms with Crippen molar-refractivity contribution in [3.63, 3.8) is 0 Å². The van der Waals surface area contributed by atoms with Crippen molar-refractivity contribution in [2.45, 2.75) is 0 Å². The van der Waals surface area contributed by atoms with E-state index in [-0.39, 0.29) is 5.91 Å². The van der Waals surface area contributed by atoms with E-state index in [0.29, 0.717) is 24.5 Å². The van der Waals surface area contributed by atoms with Crippen molar-refractivity contribution in [2.75, 3.05) is 31.0 Å². The van der Waals surface area contributed by atoms with Crippen LogP contribution in [0.25, 0.3) is 0 Å². The Labute approximate surface area is 158 Å². The Morgan fingerprint density at radius 1 is 0.815 bits per heavy atom. The molecule has 5 heteroatoms. The summed E-state index contributed by atoms with van der Waals surface area (Å²) in [4.78, 5) is 12.5. The molecule has 0 spiro atoms. The van der Waals surface area contributed by atoms with E-state index in [0.717, 1.165) is 17.1 Å². The summed E-state index contributed by atoms with van der Waals surface area (Å²) in [7, 11) is 1.62. The third kappa shape index (κ3) is 5.59. The third-order valence-electron chi connectivity index (χ3n) is 3.86. The lowest BCUT2D eigenvalue weighted by molar-refractivity contribution is 0.102. The number of para-hydroxylation sites is 1. The summed E-state index contributed by atoms with van der Waals surface area (Å²) in [5.41, 5.74) is 3.23. The predicted octanol–water partition coefficient (Wildman–Crippen LogP) is 4.71. The van der Waals surface area contributed by atoms with Gasteiger partial charge in [-0.25, -0.2) is 0 Å². The van der Waals surface area contributed by atoms with E-state index >= 15 is 0 Å². The quantitative estimate of drug-likeness (QED) is 0.570. The van der Waals surface area contributed by atoms with Crippen LogP contribution >= 0.6 is 0 Å². The summed E-state index contributed by atoms with van der Waals surface area (Å²) in [5, 5.41) is 6.21. The second-order valence-electron chi connectivity index (χ2n) is 5.89. The molecule has 0 saturated carbocycles. The molecule has 3 aromatic rings. The maximum atomic E-state index is 12.5. The zero-order valence-corrected chi connectivity index (χ0v) is 15.1. The van der Waals surface area contributed by atoms with Crippen LogP contribution in [0.1, 0.15) is 10.4 Å². The number of carbonyl (C=O) groups is 1. The molecule has 0 radical (unpaired) electrons. The molecule has 3 aromatic carbocycles. The Balaban J connectivity index is 1.60. The lowest BCUT2D eigenvalue weighted by Crippen LogP contribution is -2.12. The number of ether oxygens (including phenoxy) is 2. The summed E-state index contributed by atoms with van der Waals surface area (Å²) in [6, 6.07) is 24.6. The van der Waals surface area contributed by atoms with Crippen LogP contribution in [0.15, 0.2) is 78.9 Å². The monoisotopic (exact) mass is 362 g/mol. The number of methoxy groups -OCH3 is 1. The highest BCUT2D eigenvalue weighted by Gasteiger charge is 2.07. The lowest BCUT2D eigenvalue weighted by atomic mass is 10.2. The molecule has 0 bridgehead atoms. The van der Waals surface area contributed by atoms with Crippen molar-refractivity contribution in [3.05, 3.63) is 84.4 Å². The highest BCUT2D eigenvalue weighted by molar-refractivity contribution is 6.04. The number of rotatable bonds is 8. The molecular formula is C22H22N2O3. The van der Waals surface area contributed by atoms with Crippen molar-refractivity contribution in [1.82, 2.24) is 0 Å². The van der Waals surface area contributed by atoms with E-state index < -0.39 is 0 Å². The van der Waals surface area contributed by atoms with Crippen molar-refractivity contribution in [1.29, 1.82) is 0 Å². The Morgan fingerprint density at radius 3 is 2.26 bits per heavy atom. The molecule has 0 aliphatic rings. The number of benzene rings is 3. The highest BCUT2D eigenvalue weighted by Crippen LogP contribution is 2.20. The van der Waals surface area contributed by atoms with Crippen LogP contribution in [-0.4, -0.2) is 26.2 Å². The van der Waals surface area contributed by atoms with Crippen molar-refractivity contribution in [3.8, 4) is 5.75 Å². The van der Waals surface area contributed by atoms with Gasteiger partial charge in [0.05, 0.1) is 6.61 Å². The zero-order valence-electron chi connectivity index (χ0n) is 15.1. The summed E-state index contributed by atoms with van der Waals surface area (Å²) in [6.45, 7) is 0.942. The van der Waals surface area contributed by atoms with Crippen LogP contribution in [0.5, 0.6) is 5.75 Å². The zero-order chi connectivity index (χ0) is 18.9. The average Bonchev–Trinajstić information content (AvgIpc) is 2.71. The Morgan fingerprint density at radius 2 is 1.52 bits per heavy atom. The number of anilines is 3. The van der Waals surface area contributed by atoms with Crippen LogP contribution in [0.3, 0.4) is 0 Å². The second kappa shape index (κ2) is 9.40. The fraction of sp³-hybridized carbons (Fsp3) is 0.136. The van der Waals surface area contributed by atoms with Gasteiger partial charge in [0.15, 0.2) is 0 Å². The van der Waals surface area contributed by atoms with Crippen LogP contribution in [0, 0.1) is 0 Å². The summed E-state index contributed by atoms with van der Waals surface area (Å²) >= 11 is 0. The largest absolute Gasteiger partial charge is 0.491 e. The van der Waals surface area contributed by atoms with Crippen molar-refractivity contribution >= 4 is 23.0 Å². The van der Waals surface area contributed by atoms with Gasteiger partial charge in [-0.2, -0.15) is 0 Å². The Hall–Kier alpha value is -3.31. The predicted molar refractivity (Wildman–Crippen MR) is 108 cm³/mol. The number of nitrogens with one attached hydrogen (secondary N) is 2. The van der Waals surface area contributed by atoms with Crippen LogP contribution in [0.4, 0.5) is 17.1 Å². The smallest absolute Gasteiger partial charge is 0.255 e. The van der Waals surface area contributed by atoms with E-state index in [1.54, 1.807) is 25.3 Å².